The minimum absolute atomic E-state index is 0.0318. The normalized spacial score (nSPS) is 17.3. The monoisotopic (exact) mass is 1050 g/mol. The van der Waals surface area contributed by atoms with Gasteiger partial charge >= 0.3 is 0 Å². The molecule has 0 unspecified atom stereocenters. The van der Waals surface area contributed by atoms with Crippen LogP contribution in [0.3, 0.4) is 0 Å². The number of hydrogen-bond donors (Lipinski definition) is 5. The Labute approximate surface area is 437 Å². The van der Waals surface area contributed by atoms with Crippen molar-refractivity contribution in [1.82, 2.24) is 54.9 Å². The van der Waals surface area contributed by atoms with Crippen LogP contribution in [0.25, 0.3) is 27.3 Å². The van der Waals surface area contributed by atoms with E-state index < -0.39 is 41.2 Å². The van der Waals surface area contributed by atoms with E-state index in [9.17, 15) is 29.1 Å². The maximum Gasteiger partial charge on any atom is 0.254 e. The summed E-state index contributed by atoms with van der Waals surface area (Å²) in [6.45, 7) is 9.44. The second kappa shape index (κ2) is 23.2. The Hall–Kier alpha value is -7.14. The largest absolute Gasteiger partial charge is 0.391 e. The molecule has 2 aromatic carbocycles. The number of H-pyrrole nitrogens is 1. The molecule has 4 aromatic heterocycles. The van der Waals surface area contributed by atoms with Gasteiger partial charge in [-0.05, 0) is 54.5 Å². The van der Waals surface area contributed by atoms with Gasteiger partial charge in [-0.1, -0.05) is 45.0 Å². The first kappa shape index (κ1) is 52.7. The smallest absolute Gasteiger partial charge is 0.254 e. The number of rotatable bonds is 20. The summed E-state index contributed by atoms with van der Waals surface area (Å²) in [4.78, 5) is 86.5. The van der Waals surface area contributed by atoms with Gasteiger partial charge in [0.05, 0.1) is 84.5 Å². The lowest BCUT2D eigenvalue weighted by Crippen LogP contribution is -2.57. The Morgan fingerprint density at radius 2 is 1.65 bits per heavy atom. The first-order valence-corrected chi connectivity index (χ1v) is 26.2. The van der Waals surface area contributed by atoms with Crippen molar-refractivity contribution < 1.29 is 42.9 Å². The Kier molecular flexibility index (Phi) is 16.3. The summed E-state index contributed by atoms with van der Waals surface area (Å²) in [6, 6.07) is 10.3. The van der Waals surface area contributed by atoms with Crippen molar-refractivity contribution in [2.45, 2.75) is 90.4 Å². The number of benzene rings is 2. The molecule has 75 heavy (non-hydrogen) atoms. The molecule has 22 heteroatoms. The zero-order chi connectivity index (χ0) is 52.8. The third-order valence-electron chi connectivity index (χ3n) is 13.7. The molecule has 3 aliphatic rings. The Morgan fingerprint density at radius 1 is 0.920 bits per heavy atom. The number of imidazole rings is 1. The summed E-state index contributed by atoms with van der Waals surface area (Å²) in [7, 11) is 0. The van der Waals surface area contributed by atoms with Crippen LogP contribution in [-0.2, 0) is 35.2 Å². The molecular formula is C53H63FN12O8S. The number of fused-ring (bicyclic) bond motifs is 1. The summed E-state index contributed by atoms with van der Waals surface area (Å²) in [5.74, 6) is -1.58. The van der Waals surface area contributed by atoms with Crippen molar-refractivity contribution in [3.8, 4) is 21.7 Å². The number of anilines is 2. The van der Waals surface area contributed by atoms with Gasteiger partial charge < -0.3 is 45.2 Å². The third-order valence-corrected chi connectivity index (χ3v) is 14.7. The van der Waals surface area contributed by atoms with Gasteiger partial charge in [0.15, 0.2) is 11.5 Å². The van der Waals surface area contributed by atoms with Crippen molar-refractivity contribution in [1.29, 1.82) is 0 Å². The fourth-order valence-corrected chi connectivity index (χ4v) is 10.1. The number of carbonyl (C=O) groups is 5. The number of carbonyl (C=O) groups excluding carboxylic acids is 5. The van der Waals surface area contributed by atoms with Gasteiger partial charge in [-0.2, -0.15) is 5.10 Å². The summed E-state index contributed by atoms with van der Waals surface area (Å²) >= 11 is 1.56. The Bertz CT molecular complexity index is 3000. The lowest BCUT2D eigenvalue weighted by atomic mass is 9.85. The number of aromatic nitrogens is 6. The number of β-amino-alcohol motifs (C(OH)–C–C–N with tert-alkyl or cyclic N) is 1. The second-order valence-electron chi connectivity index (χ2n) is 20.3. The van der Waals surface area contributed by atoms with E-state index in [1.807, 2.05) is 62.6 Å². The molecule has 1 saturated carbocycles. The summed E-state index contributed by atoms with van der Waals surface area (Å²) in [5.41, 5.74) is 7.40. The number of hydrogen-bond acceptors (Lipinski definition) is 14. The first-order valence-electron chi connectivity index (χ1n) is 25.3. The molecule has 0 radical (unpaired) electrons. The highest BCUT2D eigenvalue weighted by molar-refractivity contribution is 7.13. The van der Waals surface area contributed by atoms with Gasteiger partial charge in [0.2, 0.25) is 23.6 Å². The molecule has 6 heterocycles. The predicted octanol–water partition coefficient (Wildman–Crippen LogP) is 5.22. The van der Waals surface area contributed by atoms with Crippen LogP contribution >= 0.6 is 11.3 Å². The van der Waals surface area contributed by atoms with Crippen LogP contribution in [0.15, 0.2) is 72.8 Å². The van der Waals surface area contributed by atoms with Gasteiger partial charge in [0.25, 0.3) is 5.91 Å². The topological polar surface area (TPSA) is 242 Å². The van der Waals surface area contributed by atoms with Crippen LogP contribution in [0.1, 0.15) is 86.1 Å². The van der Waals surface area contributed by atoms with Crippen molar-refractivity contribution in [3.05, 3.63) is 101 Å². The number of piperazine rings is 1. The highest BCUT2D eigenvalue weighted by atomic mass is 32.1. The number of halogens is 1. The quantitative estimate of drug-likeness (QED) is 0.0618. The maximum atomic E-state index is 15.6. The number of nitrogens with zero attached hydrogens (tertiary/aromatic N) is 8. The van der Waals surface area contributed by atoms with E-state index in [1.165, 1.54) is 17.0 Å². The molecule has 0 bridgehead atoms. The van der Waals surface area contributed by atoms with Crippen LogP contribution in [0.4, 0.5) is 15.9 Å². The van der Waals surface area contributed by atoms with Gasteiger partial charge in [-0.3, -0.25) is 33.5 Å². The average Bonchev–Trinajstić information content (AvgIpc) is 3.73. The molecule has 5 amide bonds. The summed E-state index contributed by atoms with van der Waals surface area (Å²) in [5, 5.41) is 26.3. The van der Waals surface area contributed by atoms with E-state index in [0.717, 1.165) is 51.5 Å². The molecule has 0 spiro atoms. The molecule has 2 aliphatic heterocycles. The highest BCUT2D eigenvalue weighted by Crippen LogP contribution is 2.41. The molecule has 396 valence electrons. The Balaban J connectivity index is 0.661. The van der Waals surface area contributed by atoms with Crippen molar-refractivity contribution >= 4 is 58.0 Å². The molecule has 2 saturated heterocycles. The number of ether oxygens (including phenoxy) is 2. The zero-order valence-electron chi connectivity index (χ0n) is 42.5. The van der Waals surface area contributed by atoms with Gasteiger partial charge in [0, 0.05) is 81.5 Å². The minimum atomic E-state index is -0.971. The van der Waals surface area contributed by atoms with Crippen molar-refractivity contribution in [2.75, 3.05) is 64.5 Å². The highest BCUT2D eigenvalue weighted by Gasteiger charge is 2.44. The zero-order valence-corrected chi connectivity index (χ0v) is 43.3. The summed E-state index contributed by atoms with van der Waals surface area (Å²) < 4.78 is 28.8. The maximum absolute atomic E-state index is 15.6. The fraction of sp³-hybridized carbons (Fsp3) is 0.453. The van der Waals surface area contributed by atoms with E-state index in [1.54, 1.807) is 51.3 Å². The number of likely N-dealkylation sites (tertiary alicyclic amines) is 1. The van der Waals surface area contributed by atoms with E-state index in [4.69, 9.17) is 14.5 Å². The van der Waals surface area contributed by atoms with Crippen molar-refractivity contribution in [2.24, 2.45) is 5.41 Å². The standard InChI is InChI=1S/C53H63FN12O8S/c1-32-46(75-31-57-32)35-7-5-33(6-8-35)25-56-50(70)42-24-38(67)29-66(42)52(72)47(53(2,3)4)62-44(68)13-19-73-21-22-74-20-14-45(69)63-15-17-64(18-16-63)51(71)36-11-12-40(39(54)23-36)60-48-49-55-28-43(37-26-58-59-27-37)65(49)30-41(61-48)34-9-10-34/h5-8,11-12,23,26-28,30-31,34,38,42,47,67H,9-10,13-22,24-25,29H2,1-4H3,(H,56,70)(H,58,59)(H,60,61)(H,62,68)/t38-,42+,47-/m1/s1. The van der Waals surface area contributed by atoms with E-state index in [0.29, 0.717) is 43.6 Å². The Morgan fingerprint density at radius 3 is 2.32 bits per heavy atom. The molecular weight excluding hydrogens is 984 g/mol. The lowest BCUT2D eigenvalue weighted by molar-refractivity contribution is -0.144. The molecule has 6 aromatic rings. The molecule has 3 fully saturated rings. The number of amides is 5. The van der Waals surface area contributed by atoms with Crippen LogP contribution in [0.2, 0.25) is 0 Å². The molecule has 20 nitrogen and oxygen atoms in total. The van der Waals surface area contributed by atoms with Crippen LogP contribution in [0.5, 0.6) is 0 Å². The number of aliphatic hydroxyl groups is 1. The van der Waals surface area contributed by atoms with Gasteiger partial charge in [-0.25, -0.2) is 19.3 Å². The molecule has 5 N–H and O–H groups in total. The number of nitrogens with one attached hydrogen (secondary N) is 4. The van der Waals surface area contributed by atoms with Crippen LogP contribution in [0, 0.1) is 18.2 Å². The number of aryl methyl sites for hydroxylation is 1. The third kappa shape index (κ3) is 12.7. The van der Waals surface area contributed by atoms with E-state index in [2.05, 4.69) is 36.1 Å². The average molecular weight is 1050 g/mol. The summed E-state index contributed by atoms with van der Waals surface area (Å²) in [6.07, 6.45) is 8.53. The van der Waals surface area contributed by atoms with Gasteiger partial charge in [0.1, 0.15) is 17.9 Å². The first-order chi connectivity index (χ1) is 36.1. The van der Waals surface area contributed by atoms with E-state index in [-0.39, 0.29) is 87.8 Å². The van der Waals surface area contributed by atoms with E-state index >= 15 is 4.39 Å². The number of aliphatic hydroxyl groups excluding tert-OH is 1. The fourth-order valence-electron chi connectivity index (χ4n) is 9.31. The van der Waals surface area contributed by atoms with Crippen LogP contribution in [-0.4, -0.2) is 156 Å². The number of aromatic amines is 1. The van der Waals surface area contributed by atoms with Gasteiger partial charge in [-0.15, -0.1) is 11.3 Å². The van der Waals surface area contributed by atoms with Crippen LogP contribution < -0.4 is 16.0 Å². The molecule has 1 aliphatic carbocycles. The molecule has 3 atom stereocenters. The number of thiazole rings is 1. The predicted molar refractivity (Wildman–Crippen MR) is 277 cm³/mol. The molecule has 9 rings (SSSR count). The SMILES string of the molecule is Cc1ncsc1-c1ccc(CNC(=O)[C@@H]2C[C@@H](O)CN2C(=O)[C@@H](NC(=O)CCOCCOCCC(=O)N2CCN(C(=O)c3ccc(Nc4nc(C5CC5)cn5c(-c6cn[nH]c6)cnc45)c(F)c3)CC2)C(C)(C)C)cc1. The van der Waals surface area contributed by atoms with Crippen molar-refractivity contribution in [3.63, 3.8) is 0 Å². The minimum Gasteiger partial charge on any atom is -0.391 e. The lowest BCUT2D eigenvalue weighted by Gasteiger charge is -2.35. The second-order valence-corrected chi connectivity index (χ2v) is 21.1.